The first-order chi connectivity index (χ1) is 8.81. The van der Waals surface area contributed by atoms with Crippen molar-refractivity contribution in [2.45, 2.75) is 10.9 Å². The molecule has 0 aromatic heterocycles. The Bertz CT molecular complexity index is 638. The highest BCUT2D eigenvalue weighted by atomic mass is 35.5. The Hall–Kier alpha value is -1.66. The molecule has 0 aliphatic heterocycles. The van der Waals surface area contributed by atoms with Crippen LogP contribution in [0.25, 0.3) is 0 Å². The molecular formula is C10H9ClN2O5S. The number of hydrogen-bond acceptors (Lipinski definition) is 5. The number of aliphatic carboxylic acids is 1. The molecule has 1 rings (SSSR count). The van der Waals surface area contributed by atoms with Crippen LogP contribution in [0.5, 0.6) is 0 Å². The number of nitrogens with zero attached hydrogens (tertiary/aromatic N) is 1. The highest BCUT2D eigenvalue weighted by molar-refractivity contribution is 7.89. The molecule has 0 unspecified atom stereocenters. The van der Waals surface area contributed by atoms with E-state index in [1.165, 1.54) is 12.1 Å². The molecule has 0 bridgehead atoms. The summed E-state index contributed by atoms with van der Waals surface area (Å²) in [5.74, 6) is -1.53. The molecule has 0 heterocycles. The second kappa shape index (κ2) is 5.99. The molecule has 0 aliphatic carbocycles. The van der Waals surface area contributed by atoms with Crippen LogP contribution in [0.2, 0.25) is 5.02 Å². The predicted molar refractivity (Wildman–Crippen MR) is 65.0 cm³/mol. The van der Waals surface area contributed by atoms with Crippen molar-refractivity contribution < 1.29 is 23.4 Å². The lowest BCUT2D eigenvalue weighted by Crippen LogP contribution is -2.43. The number of nitrogens with one attached hydrogen (secondary N) is 1. The number of carbonyl (C=O) groups is 1. The van der Waals surface area contributed by atoms with Crippen LogP contribution in [-0.2, 0) is 14.8 Å². The molecule has 19 heavy (non-hydrogen) atoms. The number of halogens is 1. The van der Waals surface area contributed by atoms with E-state index in [0.717, 1.165) is 6.07 Å². The standard InChI is InChI=1S/C10H9ClN2O5S/c11-7-2-1-6(4-12)3-9(7)19(17,18)13-8(5-14)10(15)16/h1-3,8,13-14H,5H2,(H,15,16)/t8-/m1/s1. The van der Waals surface area contributed by atoms with Gasteiger partial charge in [-0.2, -0.15) is 9.98 Å². The number of aliphatic hydroxyl groups is 1. The fraction of sp³-hybridized carbons (Fsp3) is 0.200. The Morgan fingerprint density at radius 1 is 1.53 bits per heavy atom. The minimum absolute atomic E-state index is 0.0562. The topological polar surface area (TPSA) is 127 Å². The molecule has 0 aliphatic rings. The zero-order chi connectivity index (χ0) is 14.6. The van der Waals surface area contributed by atoms with Crippen LogP contribution < -0.4 is 4.72 Å². The Kier molecular flexibility index (Phi) is 4.85. The first-order valence-electron chi connectivity index (χ1n) is 4.87. The third-order valence-electron chi connectivity index (χ3n) is 2.13. The van der Waals surface area contributed by atoms with E-state index in [4.69, 9.17) is 27.1 Å². The Labute approximate surface area is 114 Å². The van der Waals surface area contributed by atoms with Crippen LogP contribution in [0.3, 0.4) is 0 Å². The largest absolute Gasteiger partial charge is 0.480 e. The van der Waals surface area contributed by atoms with Gasteiger partial charge in [-0.25, -0.2) is 8.42 Å². The zero-order valence-electron chi connectivity index (χ0n) is 9.37. The van der Waals surface area contributed by atoms with Gasteiger partial charge in [0.05, 0.1) is 23.3 Å². The molecule has 9 heteroatoms. The molecule has 0 saturated carbocycles. The minimum Gasteiger partial charge on any atom is -0.480 e. The number of benzene rings is 1. The van der Waals surface area contributed by atoms with Crippen LogP contribution in [0.4, 0.5) is 0 Å². The zero-order valence-corrected chi connectivity index (χ0v) is 10.9. The number of carboxylic acid groups (broad SMARTS) is 1. The van der Waals surface area contributed by atoms with E-state index in [9.17, 15) is 13.2 Å². The lowest BCUT2D eigenvalue weighted by atomic mass is 10.2. The minimum atomic E-state index is -4.25. The molecule has 0 amide bonds. The molecule has 7 nitrogen and oxygen atoms in total. The third kappa shape index (κ3) is 3.65. The number of carboxylic acids is 1. The molecule has 0 spiro atoms. The Balaban J connectivity index is 3.21. The van der Waals surface area contributed by atoms with E-state index in [2.05, 4.69) is 0 Å². The normalized spacial score (nSPS) is 12.7. The Morgan fingerprint density at radius 3 is 2.63 bits per heavy atom. The van der Waals surface area contributed by atoms with Gasteiger partial charge >= 0.3 is 5.97 Å². The molecule has 0 radical (unpaired) electrons. The van der Waals surface area contributed by atoms with Crippen LogP contribution in [0.1, 0.15) is 5.56 Å². The molecular weight excluding hydrogens is 296 g/mol. The SMILES string of the molecule is N#Cc1ccc(Cl)c(S(=O)(=O)N[C@H](CO)C(=O)O)c1. The average molecular weight is 305 g/mol. The van der Waals surface area contributed by atoms with Crippen molar-refractivity contribution in [1.82, 2.24) is 4.72 Å². The first-order valence-corrected chi connectivity index (χ1v) is 6.73. The van der Waals surface area contributed by atoms with Crippen LogP contribution in [-0.4, -0.2) is 37.2 Å². The monoisotopic (exact) mass is 304 g/mol. The molecule has 1 aromatic carbocycles. The van der Waals surface area contributed by atoms with Gasteiger partial charge in [-0.1, -0.05) is 11.6 Å². The Morgan fingerprint density at radius 2 is 2.16 bits per heavy atom. The number of nitriles is 1. The maximum absolute atomic E-state index is 11.9. The second-order valence-electron chi connectivity index (χ2n) is 3.45. The van der Waals surface area contributed by atoms with Gasteiger partial charge in [0.15, 0.2) is 0 Å². The van der Waals surface area contributed by atoms with E-state index in [1.807, 2.05) is 0 Å². The maximum atomic E-state index is 11.9. The lowest BCUT2D eigenvalue weighted by Gasteiger charge is -2.13. The van der Waals surface area contributed by atoms with Gasteiger partial charge in [0, 0.05) is 0 Å². The van der Waals surface area contributed by atoms with Gasteiger partial charge in [0.25, 0.3) is 0 Å². The number of hydrogen-bond donors (Lipinski definition) is 3. The summed E-state index contributed by atoms with van der Waals surface area (Å²) in [6.45, 7) is -0.913. The van der Waals surface area contributed by atoms with E-state index in [-0.39, 0.29) is 10.6 Å². The second-order valence-corrected chi connectivity index (χ2v) is 5.54. The highest BCUT2D eigenvalue weighted by Crippen LogP contribution is 2.22. The molecule has 1 aromatic rings. The van der Waals surface area contributed by atoms with Gasteiger partial charge in [-0.05, 0) is 18.2 Å². The third-order valence-corrected chi connectivity index (χ3v) is 4.08. The van der Waals surface area contributed by atoms with Crippen molar-refractivity contribution in [2.24, 2.45) is 0 Å². The summed E-state index contributed by atoms with van der Waals surface area (Å²) in [7, 11) is -4.25. The summed E-state index contributed by atoms with van der Waals surface area (Å²) in [4.78, 5) is 10.3. The molecule has 3 N–H and O–H groups in total. The average Bonchev–Trinajstić information content (AvgIpc) is 2.36. The van der Waals surface area contributed by atoms with Crippen molar-refractivity contribution in [1.29, 1.82) is 5.26 Å². The fourth-order valence-electron chi connectivity index (χ4n) is 1.20. The van der Waals surface area contributed by atoms with Crippen LogP contribution in [0.15, 0.2) is 23.1 Å². The van der Waals surface area contributed by atoms with E-state index < -0.39 is 33.5 Å². The summed E-state index contributed by atoms with van der Waals surface area (Å²) in [6, 6.07) is 3.60. The number of rotatable bonds is 5. The summed E-state index contributed by atoms with van der Waals surface area (Å²) >= 11 is 5.71. The summed E-state index contributed by atoms with van der Waals surface area (Å²) < 4.78 is 25.6. The summed E-state index contributed by atoms with van der Waals surface area (Å²) in [5.41, 5.74) is 0.0562. The van der Waals surface area contributed by atoms with Crippen molar-refractivity contribution in [3.8, 4) is 6.07 Å². The van der Waals surface area contributed by atoms with E-state index in [1.54, 1.807) is 10.8 Å². The number of aliphatic hydroxyl groups excluding tert-OH is 1. The molecule has 0 saturated heterocycles. The van der Waals surface area contributed by atoms with Gasteiger partial charge in [-0.3, -0.25) is 4.79 Å². The van der Waals surface area contributed by atoms with Gasteiger partial charge in [0.1, 0.15) is 10.9 Å². The quantitative estimate of drug-likeness (QED) is 0.699. The highest BCUT2D eigenvalue weighted by Gasteiger charge is 2.26. The van der Waals surface area contributed by atoms with Gasteiger partial charge in [-0.15, -0.1) is 0 Å². The van der Waals surface area contributed by atoms with Crippen molar-refractivity contribution in [3.63, 3.8) is 0 Å². The van der Waals surface area contributed by atoms with Crippen molar-refractivity contribution in [3.05, 3.63) is 28.8 Å². The summed E-state index contributed by atoms with van der Waals surface area (Å²) in [6.07, 6.45) is 0. The van der Waals surface area contributed by atoms with Gasteiger partial charge in [0.2, 0.25) is 10.0 Å². The van der Waals surface area contributed by atoms with Crippen molar-refractivity contribution in [2.75, 3.05) is 6.61 Å². The molecule has 102 valence electrons. The lowest BCUT2D eigenvalue weighted by molar-refractivity contribution is -0.139. The van der Waals surface area contributed by atoms with Gasteiger partial charge < -0.3 is 10.2 Å². The van der Waals surface area contributed by atoms with Crippen molar-refractivity contribution >= 4 is 27.6 Å². The first kappa shape index (κ1) is 15.4. The molecule has 1 atom stereocenters. The molecule has 0 fully saturated rings. The van der Waals surface area contributed by atoms with E-state index >= 15 is 0 Å². The summed E-state index contributed by atoms with van der Waals surface area (Å²) in [5, 5.41) is 26.0. The smallest absolute Gasteiger partial charge is 0.324 e. The number of sulfonamides is 1. The van der Waals surface area contributed by atoms with E-state index in [0.29, 0.717) is 0 Å². The fourth-order valence-corrected chi connectivity index (χ4v) is 2.90. The maximum Gasteiger partial charge on any atom is 0.324 e. The van der Waals surface area contributed by atoms with Crippen LogP contribution in [0, 0.1) is 11.3 Å². The predicted octanol–water partition coefficient (Wildman–Crippen LogP) is -0.0645. The van der Waals surface area contributed by atoms with Crippen LogP contribution >= 0.6 is 11.6 Å².